The van der Waals surface area contributed by atoms with Gasteiger partial charge in [-0.2, -0.15) is 0 Å². The molecule has 0 spiro atoms. The maximum Gasteiger partial charge on any atom is 0.348 e. The van der Waals surface area contributed by atoms with E-state index in [1.54, 1.807) is 28.9 Å². The van der Waals surface area contributed by atoms with Crippen LogP contribution in [0.25, 0.3) is 16.2 Å². The Labute approximate surface area is 105 Å². The van der Waals surface area contributed by atoms with Gasteiger partial charge in [0.15, 0.2) is 4.96 Å². The van der Waals surface area contributed by atoms with Gasteiger partial charge in [0, 0.05) is 18.0 Å². The number of hydrogen-bond acceptors (Lipinski definition) is 3. The fraction of sp³-hybridized carbons (Fsp3) is 0. The quantitative estimate of drug-likeness (QED) is 0.772. The van der Waals surface area contributed by atoms with Crippen molar-refractivity contribution in [3.05, 3.63) is 47.4 Å². The summed E-state index contributed by atoms with van der Waals surface area (Å²) in [5, 5.41) is 9.20. The van der Waals surface area contributed by atoms with Gasteiger partial charge in [-0.15, -0.1) is 0 Å². The average Bonchev–Trinajstić information content (AvgIpc) is 2.90. The number of aromatic carboxylic acids is 1. The van der Waals surface area contributed by atoms with Crippen molar-refractivity contribution < 1.29 is 14.3 Å². The molecule has 4 nitrogen and oxygen atoms in total. The molecule has 18 heavy (non-hydrogen) atoms. The summed E-state index contributed by atoms with van der Waals surface area (Å²) in [6.45, 7) is 0. The van der Waals surface area contributed by atoms with Gasteiger partial charge < -0.3 is 5.11 Å². The Hall–Kier alpha value is -2.21. The molecule has 0 unspecified atom stereocenters. The summed E-state index contributed by atoms with van der Waals surface area (Å²) in [6.07, 6.45) is 3.29. The number of thiazole rings is 1. The highest BCUT2D eigenvalue weighted by Crippen LogP contribution is 2.31. The standard InChI is InChI=1S/C12H7FN2O2S/c13-8-3-1-7(2-4-8)9-10(11(16)17)18-12-14-5-6-15(9)12/h1-6H,(H,16,17). The molecule has 0 bridgehead atoms. The molecule has 0 aliphatic carbocycles. The largest absolute Gasteiger partial charge is 0.477 e. The van der Waals surface area contributed by atoms with E-state index in [1.165, 1.54) is 12.1 Å². The van der Waals surface area contributed by atoms with Crippen LogP contribution in [-0.2, 0) is 0 Å². The van der Waals surface area contributed by atoms with E-state index in [2.05, 4.69) is 4.98 Å². The Morgan fingerprint density at radius 3 is 2.72 bits per heavy atom. The first kappa shape index (κ1) is 10.9. The third-order valence-corrected chi connectivity index (χ3v) is 3.62. The summed E-state index contributed by atoms with van der Waals surface area (Å²) in [6, 6.07) is 5.73. The zero-order chi connectivity index (χ0) is 12.7. The van der Waals surface area contributed by atoms with Crippen molar-refractivity contribution in [1.29, 1.82) is 0 Å². The first-order valence-corrected chi connectivity index (χ1v) is 5.93. The highest BCUT2D eigenvalue weighted by Gasteiger charge is 2.19. The van der Waals surface area contributed by atoms with Gasteiger partial charge in [-0.3, -0.25) is 4.40 Å². The first-order chi connectivity index (χ1) is 8.66. The lowest BCUT2D eigenvalue weighted by Gasteiger charge is -2.01. The highest BCUT2D eigenvalue weighted by molar-refractivity contribution is 7.19. The van der Waals surface area contributed by atoms with Crippen molar-refractivity contribution in [1.82, 2.24) is 9.38 Å². The number of fused-ring (bicyclic) bond motifs is 1. The molecule has 2 heterocycles. The zero-order valence-corrected chi connectivity index (χ0v) is 9.82. The number of benzene rings is 1. The molecule has 0 aliphatic heterocycles. The van der Waals surface area contributed by atoms with Crippen LogP contribution in [0, 0.1) is 5.82 Å². The fourth-order valence-corrected chi connectivity index (χ4v) is 2.75. The van der Waals surface area contributed by atoms with Crippen molar-refractivity contribution >= 4 is 22.3 Å². The third kappa shape index (κ3) is 1.58. The van der Waals surface area contributed by atoms with Crippen LogP contribution in [-0.4, -0.2) is 20.5 Å². The van der Waals surface area contributed by atoms with Crippen molar-refractivity contribution in [2.75, 3.05) is 0 Å². The zero-order valence-electron chi connectivity index (χ0n) is 9.00. The predicted molar refractivity (Wildman–Crippen MR) is 65.4 cm³/mol. The van der Waals surface area contributed by atoms with Crippen LogP contribution < -0.4 is 0 Å². The van der Waals surface area contributed by atoms with Crippen LogP contribution in [0.5, 0.6) is 0 Å². The molecule has 2 aromatic heterocycles. The molecular formula is C12H7FN2O2S. The van der Waals surface area contributed by atoms with Crippen LogP contribution in [0.1, 0.15) is 9.67 Å². The van der Waals surface area contributed by atoms with Crippen LogP contribution in [0.2, 0.25) is 0 Å². The predicted octanol–water partition coefficient (Wildman–Crippen LogP) is 2.90. The van der Waals surface area contributed by atoms with Crippen LogP contribution in [0.15, 0.2) is 36.7 Å². The first-order valence-electron chi connectivity index (χ1n) is 5.12. The van der Waals surface area contributed by atoms with Gasteiger partial charge in [0.05, 0.1) is 5.69 Å². The number of aromatic nitrogens is 2. The summed E-state index contributed by atoms with van der Waals surface area (Å²) in [5.74, 6) is -1.36. The second kappa shape index (κ2) is 3.92. The lowest BCUT2D eigenvalue weighted by molar-refractivity contribution is 0.0702. The van der Waals surface area contributed by atoms with Gasteiger partial charge in [-0.25, -0.2) is 14.2 Å². The van der Waals surface area contributed by atoms with Crippen LogP contribution >= 0.6 is 11.3 Å². The van der Waals surface area contributed by atoms with Gasteiger partial charge in [0.25, 0.3) is 0 Å². The summed E-state index contributed by atoms with van der Waals surface area (Å²) >= 11 is 1.10. The maximum atomic E-state index is 12.9. The maximum absolute atomic E-state index is 12.9. The van der Waals surface area contributed by atoms with E-state index in [-0.39, 0.29) is 10.7 Å². The number of carbonyl (C=O) groups is 1. The topological polar surface area (TPSA) is 54.6 Å². The van der Waals surface area contributed by atoms with Gasteiger partial charge in [0.2, 0.25) is 0 Å². The van der Waals surface area contributed by atoms with E-state index in [4.69, 9.17) is 0 Å². The summed E-state index contributed by atoms with van der Waals surface area (Å²) in [4.78, 5) is 16.1. The fourth-order valence-electron chi connectivity index (χ4n) is 1.81. The molecule has 0 atom stereocenters. The van der Waals surface area contributed by atoms with Crippen molar-refractivity contribution in [2.45, 2.75) is 0 Å². The second-order valence-corrected chi connectivity index (χ2v) is 4.65. The smallest absolute Gasteiger partial charge is 0.348 e. The number of halogens is 1. The summed E-state index contributed by atoms with van der Waals surface area (Å²) in [5.41, 5.74) is 1.18. The molecular weight excluding hydrogens is 255 g/mol. The lowest BCUT2D eigenvalue weighted by atomic mass is 10.1. The summed E-state index contributed by atoms with van der Waals surface area (Å²) in [7, 11) is 0. The molecule has 3 aromatic rings. The van der Waals surface area contributed by atoms with E-state index >= 15 is 0 Å². The Balaban J connectivity index is 2.31. The molecule has 1 aromatic carbocycles. The monoisotopic (exact) mass is 262 g/mol. The molecule has 0 saturated carbocycles. The van der Waals surface area contributed by atoms with E-state index in [9.17, 15) is 14.3 Å². The number of carboxylic acids is 1. The number of nitrogens with zero attached hydrogens (tertiary/aromatic N) is 2. The lowest BCUT2D eigenvalue weighted by Crippen LogP contribution is -1.97. The van der Waals surface area contributed by atoms with E-state index < -0.39 is 5.97 Å². The van der Waals surface area contributed by atoms with Crippen LogP contribution in [0.3, 0.4) is 0 Å². The van der Waals surface area contributed by atoms with Gasteiger partial charge in [-0.05, 0) is 24.3 Å². The van der Waals surface area contributed by atoms with E-state index in [1.807, 2.05) is 0 Å². The molecule has 0 radical (unpaired) electrons. The Bertz CT molecular complexity index is 730. The molecule has 0 amide bonds. The molecule has 0 saturated heterocycles. The van der Waals surface area contributed by atoms with Gasteiger partial charge in [0.1, 0.15) is 10.7 Å². The minimum Gasteiger partial charge on any atom is -0.477 e. The number of hydrogen-bond donors (Lipinski definition) is 1. The number of carboxylic acid groups (broad SMARTS) is 1. The molecule has 6 heteroatoms. The van der Waals surface area contributed by atoms with Crippen LogP contribution in [0.4, 0.5) is 4.39 Å². The van der Waals surface area contributed by atoms with Gasteiger partial charge in [-0.1, -0.05) is 11.3 Å². The minimum absolute atomic E-state index is 0.199. The van der Waals surface area contributed by atoms with Crippen molar-refractivity contribution in [3.8, 4) is 11.3 Å². The Morgan fingerprint density at radius 2 is 2.06 bits per heavy atom. The highest BCUT2D eigenvalue weighted by atomic mass is 32.1. The second-order valence-electron chi connectivity index (χ2n) is 3.67. The van der Waals surface area contributed by atoms with Gasteiger partial charge >= 0.3 is 5.97 Å². The molecule has 0 aliphatic rings. The molecule has 3 rings (SSSR count). The third-order valence-electron chi connectivity index (χ3n) is 2.57. The van der Waals surface area contributed by atoms with E-state index in [0.29, 0.717) is 16.2 Å². The summed E-state index contributed by atoms with van der Waals surface area (Å²) < 4.78 is 14.6. The normalized spacial score (nSPS) is 10.9. The Morgan fingerprint density at radius 1 is 1.33 bits per heavy atom. The van der Waals surface area contributed by atoms with Crippen molar-refractivity contribution in [2.24, 2.45) is 0 Å². The SMILES string of the molecule is O=C(O)c1sc2nccn2c1-c1ccc(F)cc1. The molecule has 0 fully saturated rings. The molecule has 90 valence electrons. The number of imidazole rings is 1. The molecule has 1 N–H and O–H groups in total. The average molecular weight is 262 g/mol. The minimum atomic E-state index is -1.01. The van der Waals surface area contributed by atoms with E-state index in [0.717, 1.165) is 11.3 Å². The number of rotatable bonds is 2. The van der Waals surface area contributed by atoms with Crippen molar-refractivity contribution in [3.63, 3.8) is 0 Å². The Kier molecular flexibility index (Phi) is 2.38.